The van der Waals surface area contributed by atoms with Crippen LogP contribution < -0.4 is 9.77 Å². The van der Waals surface area contributed by atoms with Gasteiger partial charge in [0.15, 0.2) is 0 Å². The molecule has 0 bridgehead atoms. The van der Waals surface area contributed by atoms with Gasteiger partial charge in [-0.2, -0.15) is 0 Å². The average Bonchev–Trinajstić information content (AvgIpc) is 3.00. The first-order valence-corrected chi connectivity index (χ1v) is 9.04. The number of amides is 2. The number of aromatic amines is 1. The van der Waals surface area contributed by atoms with Gasteiger partial charge in [-0.3, -0.25) is 14.4 Å². The van der Waals surface area contributed by atoms with Crippen LogP contribution in [0.3, 0.4) is 0 Å². The number of thiazole rings is 1. The Kier molecular flexibility index (Phi) is 3.27. The fourth-order valence-corrected chi connectivity index (χ4v) is 6.17. The second kappa shape index (κ2) is 5.03. The molecular formula is C16H13FN2O3S2. The number of nitrogens with one attached hydrogen (secondary N) is 1. The summed E-state index contributed by atoms with van der Waals surface area (Å²) in [6.07, 6.45) is 0. The van der Waals surface area contributed by atoms with Crippen molar-refractivity contribution in [2.24, 2.45) is 5.92 Å². The topological polar surface area (TPSA) is 70.2 Å². The van der Waals surface area contributed by atoms with Gasteiger partial charge < -0.3 is 4.98 Å². The van der Waals surface area contributed by atoms with Crippen molar-refractivity contribution >= 4 is 40.6 Å². The number of hydrogen-bond acceptors (Lipinski definition) is 5. The summed E-state index contributed by atoms with van der Waals surface area (Å²) < 4.78 is 13.1. The third kappa shape index (κ3) is 2.02. The number of anilines is 1. The van der Waals surface area contributed by atoms with Gasteiger partial charge in [0.2, 0.25) is 11.8 Å². The first kappa shape index (κ1) is 15.6. The molecule has 2 aliphatic rings. The maximum absolute atomic E-state index is 13.1. The van der Waals surface area contributed by atoms with Gasteiger partial charge in [0.05, 0.1) is 16.6 Å². The number of aromatic nitrogens is 1. The summed E-state index contributed by atoms with van der Waals surface area (Å²) in [6, 6.07) is 5.31. The highest BCUT2D eigenvalue weighted by Gasteiger charge is 2.59. The number of imide groups is 1. The molecule has 1 aromatic carbocycles. The Labute approximate surface area is 144 Å². The monoisotopic (exact) mass is 364 g/mol. The molecule has 0 radical (unpaired) electrons. The minimum atomic E-state index is -0.628. The van der Waals surface area contributed by atoms with E-state index in [4.69, 9.17) is 0 Å². The number of halogens is 1. The molecule has 1 N–H and O–H groups in total. The van der Waals surface area contributed by atoms with E-state index in [2.05, 4.69) is 4.98 Å². The first-order chi connectivity index (χ1) is 11.3. The summed E-state index contributed by atoms with van der Waals surface area (Å²) in [6.45, 7) is 3.76. The fraction of sp³-hybridized carbons (Fsp3) is 0.312. The largest absolute Gasteiger partial charge is 0.307 e. The Morgan fingerprint density at radius 1 is 1.12 bits per heavy atom. The van der Waals surface area contributed by atoms with Crippen LogP contribution >= 0.6 is 23.1 Å². The Hall–Kier alpha value is -1.93. The summed E-state index contributed by atoms with van der Waals surface area (Å²) in [4.78, 5) is 42.0. The van der Waals surface area contributed by atoms with Gasteiger partial charge in [0.1, 0.15) is 11.1 Å². The standard InChI is InChI=1S/C16H13FN2O3S2/c1-16(2)9-10(23-12-11(16)24-15(22)18-12)14(21)19(13(9)20)8-5-3-7(17)4-6-8/h3-6,9-10H,1-2H3,(H,18,22)/t9-,10-/m0/s1. The van der Waals surface area contributed by atoms with E-state index in [9.17, 15) is 18.8 Å². The lowest BCUT2D eigenvalue weighted by atomic mass is 9.76. The van der Waals surface area contributed by atoms with Crippen molar-refractivity contribution in [3.8, 4) is 0 Å². The van der Waals surface area contributed by atoms with Crippen molar-refractivity contribution in [2.75, 3.05) is 4.90 Å². The molecule has 2 atom stereocenters. The van der Waals surface area contributed by atoms with E-state index in [-0.39, 0.29) is 16.7 Å². The lowest BCUT2D eigenvalue weighted by molar-refractivity contribution is -0.123. The van der Waals surface area contributed by atoms with Crippen LogP contribution in [0.5, 0.6) is 0 Å². The number of thioether (sulfide) groups is 1. The molecule has 2 aromatic rings. The predicted molar refractivity (Wildman–Crippen MR) is 90.0 cm³/mol. The molecule has 1 aromatic heterocycles. The molecule has 0 unspecified atom stereocenters. The molecule has 24 heavy (non-hydrogen) atoms. The number of carbonyl (C=O) groups is 2. The van der Waals surface area contributed by atoms with Gasteiger partial charge in [-0.05, 0) is 24.3 Å². The van der Waals surface area contributed by atoms with Crippen LogP contribution in [0.2, 0.25) is 0 Å². The molecule has 0 saturated carbocycles. The lowest BCUT2D eigenvalue weighted by Gasteiger charge is -2.36. The zero-order valence-electron chi connectivity index (χ0n) is 12.8. The summed E-state index contributed by atoms with van der Waals surface area (Å²) in [5.74, 6) is -1.61. The predicted octanol–water partition coefficient (Wildman–Crippen LogP) is 2.52. The number of benzene rings is 1. The molecule has 3 heterocycles. The highest BCUT2D eigenvalue weighted by atomic mass is 32.2. The smallest absolute Gasteiger partial charge is 0.305 e. The van der Waals surface area contributed by atoms with E-state index in [0.717, 1.165) is 21.1 Å². The quantitative estimate of drug-likeness (QED) is 0.790. The maximum atomic E-state index is 13.1. The third-order valence-corrected chi connectivity index (χ3v) is 7.18. The Morgan fingerprint density at radius 3 is 2.46 bits per heavy atom. The molecule has 0 aliphatic carbocycles. The van der Waals surface area contributed by atoms with Crippen LogP contribution in [0.15, 0.2) is 34.1 Å². The Balaban J connectivity index is 1.81. The number of hydrogen-bond donors (Lipinski definition) is 1. The van der Waals surface area contributed by atoms with E-state index in [1.807, 2.05) is 13.8 Å². The molecule has 5 nitrogen and oxygen atoms in total. The van der Waals surface area contributed by atoms with Gasteiger partial charge in [-0.25, -0.2) is 9.29 Å². The van der Waals surface area contributed by atoms with E-state index >= 15 is 0 Å². The van der Waals surface area contributed by atoms with Gasteiger partial charge in [-0.1, -0.05) is 36.9 Å². The number of H-pyrrole nitrogens is 1. The van der Waals surface area contributed by atoms with Gasteiger partial charge in [0, 0.05) is 10.3 Å². The fourth-order valence-electron chi connectivity index (χ4n) is 3.39. The highest BCUT2D eigenvalue weighted by Crippen LogP contribution is 2.53. The number of rotatable bonds is 1. The number of fused-ring (bicyclic) bond motifs is 2. The van der Waals surface area contributed by atoms with Crippen molar-refractivity contribution in [1.29, 1.82) is 0 Å². The lowest BCUT2D eigenvalue weighted by Crippen LogP contribution is -2.41. The SMILES string of the molecule is CC1(C)c2sc(=O)[nH]c2S[C@@H]2C(=O)N(c3ccc(F)cc3)C(=O)[C@H]21. The van der Waals surface area contributed by atoms with Crippen molar-refractivity contribution in [3.05, 3.63) is 44.6 Å². The van der Waals surface area contributed by atoms with Crippen LogP contribution in [0.4, 0.5) is 10.1 Å². The Bertz CT molecular complexity index is 916. The molecule has 124 valence electrons. The highest BCUT2D eigenvalue weighted by molar-refractivity contribution is 8.00. The number of nitrogens with zero attached hydrogens (tertiary/aromatic N) is 1. The van der Waals surface area contributed by atoms with E-state index < -0.39 is 22.4 Å². The van der Waals surface area contributed by atoms with Crippen LogP contribution in [-0.2, 0) is 15.0 Å². The van der Waals surface area contributed by atoms with Gasteiger partial charge >= 0.3 is 4.87 Å². The van der Waals surface area contributed by atoms with Gasteiger partial charge in [-0.15, -0.1) is 0 Å². The summed E-state index contributed by atoms with van der Waals surface area (Å²) >= 11 is 2.32. The zero-order valence-corrected chi connectivity index (χ0v) is 14.5. The van der Waals surface area contributed by atoms with E-state index in [1.165, 1.54) is 36.0 Å². The maximum Gasteiger partial charge on any atom is 0.305 e. The van der Waals surface area contributed by atoms with Crippen LogP contribution in [0.1, 0.15) is 18.7 Å². The minimum Gasteiger partial charge on any atom is -0.307 e. The zero-order chi connectivity index (χ0) is 17.2. The summed E-state index contributed by atoms with van der Waals surface area (Å²) in [7, 11) is 0. The second-order valence-corrected chi connectivity index (χ2v) is 8.53. The molecule has 1 saturated heterocycles. The Morgan fingerprint density at radius 2 is 1.79 bits per heavy atom. The van der Waals surface area contributed by atoms with Crippen molar-refractivity contribution < 1.29 is 14.0 Å². The molecule has 4 rings (SSSR count). The summed E-state index contributed by atoms with van der Waals surface area (Å²) in [5, 5.41) is 0.0775. The van der Waals surface area contributed by atoms with Crippen LogP contribution in [0.25, 0.3) is 0 Å². The van der Waals surface area contributed by atoms with E-state index in [0.29, 0.717) is 10.7 Å². The second-order valence-electron chi connectivity index (χ2n) is 6.40. The summed E-state index contributed by atoms with van der Waals surface area (Å²) in [5.41, 5.74) is -0.259. The van der Waals surface area contributed by atoms with Crippen molar-refractivity contribution in [1.82, 2.24) is 4.98 Å². The van der Waals surface area contributed by atoms with Crippen molar-refractivity contribution in [2.45, 2.75) is 29.5 Å². The van der Waals surface area contributed by atoms with Gasteiger partial charge in [0.25, 0.3) is 0 Å². The first-order valence-electron chi connectivity index (χ1n) is 7.34. The minimum absolute atomic E-state index is 0.184. The van der Waals surface area contributed by atoms with Crippen LogP contribution in [-0.4, -0.2) is 22.0 Å². The van der Waals surface area contributed by atoms with Crippen LogP contribution in [0, 0.1) is 11.7 Å². The molecule has 8 heteroatoms. The molecular weight excluding hydrogens is 351 g/mol. The normalized spacial score (nSPS) is 24.9. The molecule has 2 amide bonds. The average molecular weight is 364 g/mol. The number of carbonyl (C=O) groups excluding carboxylic acids is 2. The van der Waals surface area contributed by atoms with Crippen molar-refractivity contribution in [3.63, 3.8) is 0 Å². The molecule has 0 spiro atoms. The third-order valence-electron chi connectivity index (χ3n) is 4.56. The van der Waals surface area contributed by atoms with E-state index in [1.54, 1.807) is 0 Å². The molecule has 1 fully saturated rings. The molecule has 2 aliphatic heterocycles.